The molecule has 1 aromatic carbocycles. The number of sulfonamides is 1. The number of hydrogen-bond donors (Lipinski definition) is 1. The minimum atomic E-state index is -3.67. The number of nitrogens with one attached hydrogen (secondary N) is 1. The van der Waals surface area contributed by atoms with Gasteiger partial charge >= 0.3 is 0 Å². The van der Waals surface area contributed by atoms with Crippen molar-refractivity contribution in [3.8, 4) is 0 Å². The van der Waals surface area contributed by atoms with Crippen LogP contribution in [0.5, 0.6) is 0 Å². The van der Waals surface area contributed by atoms with Crippen LogP contribution in [0.3, 0.4) is 0 Å². The van der Waals surface area contributed by atoms with Gasteiger partial charge in [-0.3, -0.25) is 0 Å². The van der Waals surface area contributed by atoms with Crippen molar-refractivity contribution in [3.63, 3.8) is 0 Å². The highest BCUT2D eigenvalue weighted by Gasteiger charge is 2.25. The van der Waals surface area contributed by atoms with Crippen molar-refractivity contribution in [1.29, 1.82) is 0 Å². The van der Waals surface area contributed by atoms with Crippen LogP contribution in [0.25, 0.3) is 0 Å². The Balaban J connectivity index is 1.74. The highest BCUT2D eigenvalue weighted by Crippen LogP contribution is 2.38. The molecular weight excluding hydrogens is 345 g/mol. The van der Waals surface area contributed by atoms with Gasteiger partial charge in [0.05, 0.1) is 27.2 Å². The van der Waals surface area contributed by atoms with E-state index in [1.54, 1.807) is 0 Å². The lowest BCUT2D eigenvalue weighted by Crippen LogP contribution is -2.23. The Morgan fingerprint density at radius 1 is 1.14 bits per heavy atom. The molecule has 1 fully saturated rings. The number of aromatic nitrogens is 2. The molecule has 5 nitrogen and oxygen atoms in total. The van der Waals surface area contributed by atoms with E-state index in [0.29, 0.717) is 16.6 Å². The fourth-order valence-corrected chi connectivity index (χ4v) is 3.40. The highest BCUT2D eigenvalue weighted by atomic mass is 35.5. The summed E-state index contributed by atoms with van der Waals surface area (Å²) < 4.78 is 27.0. The molecule has 1 saturated carbocycles. The lowest BCUT2D eigenvalue weighted by molar-refractivity contribution is 0.580. The predicted molar refractivity (Wildman–Crippen MR) is 84.5 cm³/mol. The maximum atomic E-state index is 12.2. The first-order chi connectivity index (χ1) is 10.5. The second kappa shape index (κ2) is 6.12. The first kappa shape index (κ1) is 15.7. The molecule has 2 aromatic rings. The Hall–Kier alpha value is -1.21. The van der Waals surface area contributed by atoms with Crippen molar-refractivity contribution in [2.24, 2.45) is 0 Å². The Labute approximate surface area is 138 Å². The molecule has 0 unspecified atom stereocenters. The third-order valence-corrected chi connectivity index (χ3v) is 5.52. The van der Waals surface area contributed by atoms with E-state index in [2.05, 4.69) is 14.7 Å². The summed E-state index contributed by atoms with van der Waals surface area (Å²) in [5.41, 5.74) is 1.61. The number of hydrogen-bond acceptors (Lipinski definition) is 4. The van der Waals surface area contributed by atoms with Crippen LogP contribution in [0.2, 0.25) is 10.0 Å². The van der Waals surface area contributed by atoms with E-state index in [0.717, 1.165) is 18.5 Å². The predicted octanol–water partition coefficient (Wildman–Crippen LogP) is 3.14. The minimum Gasteiger partial charge on any atom is -0.241 e. The average molecular weight is 358 g/mol. The Bertz CT molecular complexity index is 807. The zero-order chi connectivity index (χ0) is 15.7. The van der Waals surface area contributed by atoms with Crippen LogP contribution in [0.15, 0.2) is 35.5 Å². The molecule has 3 rings (SSSR count). The van der Waals surface area contributed by atoms with Crippen LogP contribution in [0.4, 0.5) is 0 Å². The summed E-state index contributed by atoms with van der Waals surface area (Å²) in [6.07, 6.45) is 3.73. The van der Waals surface area contributed by atoms with E-state index in [1.807, 2.05) is 6.07 Å². The molecule has 1 N–H and O–H groups in total. The molecule has 1 aromatic heterocycles. The highest BCUT2D eigenvalue weighted by molar-refractivity contribution is 7.89. The van der Waals surface area contributed by atoms with E-state index >= 15 is 0 Å². The van der Waals surface area contributed by atoms with Crippen LogP contribution in [0, 0.1) is 0 Å². The third-order valence-electron chi connectivity index (χ3n) is 3.39. The summed E-state index contributed by atoms with van der Waals surface area (Å²) in [7, 11) is -3.67. The second-order valence-electron chi connectivity index (χ2n) is 5.11. The molecule has 8 heteroatoms. The maximum Gasteiger partial charge on any atom is 0.240 e. The van der Waals surface area contributed by atoms with E-state index in [4.69, 9.17) is 23.2 Å². The first-order valence-electron chi connectivity index (χ1n) is 6.71. The molecular formula is C14H13Cl2N3O2S. The zero-order valence-corrected chi connectivity index (χ0v) is 13.8. The topological polar surface area (TPSA) is 72.0 Å². The maximum absolute atomic E-state index is 12.2. The molecule has 0 aliphatic heterocycles. The summed E-state index contributed by atoms with van der Waals surface area (Å²) in [5.74, 6) is 0.494. The van der Waals surface area contributed by atoms with Crippen molar-refractivity contribution in [3.05, 3.63) is 52.0 Å². The molecule has 0 radical (unpaired) electrons. The molecule has 116 valence electrons. The van der Waals surface area contributed by atoms with Gasteiger partial charge in [-0.05, 0) is 37.1 Å². The number of benzene rings is 1. The molecule has 1 aliphatic carbocycles. The van der Waals surface area contributed by atoms with E-state index < -0.39 is 10.0 Å². The molecule has 0 atom stereocenters. The average Bonchev–Trinajstić information content (AvgIpc) is 3.33. The summed E-state index contributed by atoms with van der Waals surface area (Å²) in [6.45, 7) is 0.102. The fourth-order valence-electron chi connectivity index (χ4n) is 2.01. The summed E-state index contributed by atoms with van der Waals surface area (Å²) >= 11 is 11.6. The lowest BCUT2D eigenvalue weighted by atomic mass is 10.2. The standard InChI is InChI=1S/C14H13Cl2N3O2S/c15-12-4-3-11(6-13(12)16)22(20,21)19-7-10-5-14(9-1-2-9)18-8-17-10/h3-6,8-9,19H,1-2,7H2. The fraction of sp³-hybridized carbons (Fsp3) is 0.286. The van der Waals surface area contributed by atoms with Crippen LogP contribution in [-0.2, 0) is 16.6 Å². The Morgan fingerprint density at radius 2 is 1.91 bits per heavy atom. The summed E-state index contributed by atoms with van der Waals surface area (Å²) in [4.78, 5) is 8.37. The molecule has 0 saturated heterocycles. The molecule has 0 spiro atoms. The van der Waals surface area contributed by atoms with Crippen molar-refractivity contribution in [2.45, 2.75) is 30.2 Å². The van der Waals surface area contributed by atoms with E-state index in [9.17, 15) is 8.42 Å². The summed E-state index contributed by atoms with van der Waals surface area (Å²) in [5, 5.41) is 0.507. The van der Waals surface area contributed by atoms with Crippen LogP contribution in [0.1, 0.15) is 30.1 Å². The Morgan fingerprint density at radius 3 is 2.59 bits per heavy atom. The van der Waals surface area contributed by atoms with Gasteiger partial charge in [0.2, 0.25) is 10.0 Å². The van der Waals surface area contributed by atoms with Crippen LogP contribution in [-0.4, -0.2) is 18.4 Å². The molecule has 22 heavy (non-hydrogen) atoms. The monoisotopic (exact) mass is 357 g/mol. The lowest BCUT2D eigenvalue weighted by Gasteiger charge is -2.08. The largest absolute Gasteiger partial charge is 0.241 e. The second-order valence-corrected chi connectivity index (χ2v) is 7.69. The normalized spacial score (nSPS) is 15.0. The van der Waals surface area contributed by atoms with Gasteiger partial charge in [0.15, 0.2) is 0 Å². The smallest absolute Gasteiger partial charge is 0.240 e. The third kappa shape index (κ3) is 3.57. The molecule has 0 bridgehead atoms. The van der Waals surface area contributed by atoms with Gasteiger partial charge in [0.1, 0.15) is 6.33 Å². The van der Waals surface area contributed by atoms with Crippen LogP contribution >= 0.6 is 23.2 Å². The van der Waals surface area contributed by atoms with Crippen molar-refractivity contribution < 1.29 is 8.42 Å². The molecule has 1 aliphatic rings. The SMILES string of the molecule is O=S(=O)(NCc1cc(C2CC2)ncn1)c1ccc(Cl)c(Cl)c1. The van der Waals surface area contributed by atoms with Gasteiger partial charge in [-0.1, -0.05) is 23.2 Å². The van der Waals surface area contributed by atoms with Crippen molar-refractivity contribution in [2.75, 3.05) is 0 Å². The molecule has 0 amide bonds. The zero-order valence-electron chi connectivity index (χ0n) is 11.5. The number of nitrogens with zero attached hydrogens (tertiary/aromatic N) is 2. The first-order valence-corrected chi connectivity index (χ1v) is 8.95. The van der Waals surface area contributed by atoms with Gasteiger partial charge < -0.3 is 0 Å². The minimum absolute atomic E-state index is 0.0679. The number of rotatable bonds is 5. The molecule has 1 heterocycles. The van der Waals surface area contributed by atoms with Crippen molar-refractivity contribution in [1.82, 2.24) is 14.7 Å². The van der Waals surface area contributed by atoms with Gasteiger partial charge in [-0.15, -0.1) is 0 Å². The number of halogens is 2. The van der Waals surface area contributed by atoms with Gasteiger partial charge in [-0.2, -0.15) is 0 Å². The van der Waals surface area contributed by atoms with E-state index in [1.165, 1.54) is 24.5 Å². The van der Waals surface area contributed by atoms with E-state index in [-0.39, 0.29) is 16.5 Å². The van der Waals surface area contributed by atoms with Gasteiger partial charge in [0.25, 0.3) is 0 Å². The van der Waals surface area contributed by atoms with Gasteiger partial charge in [-0.25, -0.2) is 23.1 Å². The van der Waals surface area contributed by atoms with Gasteiger partial charge in [0, 0.05) is 11.6 Å². The Kier molecular flexibility index (Phi) is 4.36. The quantitative estimate of drug-likeness (QED) is 0.891. The van der Waals surface area contributed by atoms with Crippen LogP contribution < -0.4 is 4.72 Å². The van der Waals surface area contributed by atoms with Crippen molar-refractivity contribution >= 4 is 33.2 Å². The summed E-state index contributed by atoms with van der Waals surface area (Å²) in [6, 6.07) is 6.03.